The monoisotopic (exact) mass is 506 g/mol. The molecule has 3 aromatic carbocycles. The van der Waals surface area contributed by atoms with Gasteiger partial charge in [-0.15, -0.1) is 0 Å². The average molecular weight is 507 g/mol. The highest BCUT2D eigenvalue weighted by atomic mass is 32.1. The highest BCUT2D eigenvalue weighted by Crippen LogP contribution is 2.27. The Bertz CT molecular complexity index is 1320. The molecular formula is C26H26N4O5S. The molecule has 0 bridgehead atoms. The lowest BCUT2D eigenvalue weighted by Gasteiger charge is -2.19. The van der Waals surface area contributed by atoms with Crippen LogP contribution in [0.2, 0.25) is 0 Å². The van der Waals surface area contributed by atoms with Gasteiger partial charge in [-0.05, 0) is 65.7 Å². The number of hydrogen-bond donors (Lipinski definition) is 3. The Balaban J connectivity index is 1.64. The molecule has 10 heteroatoms. The number of carbonyl (C=O) groups is 2. The van der Waals surface area contributed by atoms with Crippen molar-refractivity contribution in [2.24, 2.45) is 0 Å². The maximum absolute atomic E-state index is 12.7. The summed E-state index contributed by atoms with van der Waals surface area (Å²) in [6.07, 6.45) is 0. The number of methoxy groups -OCH3 is 1. The molecule has 3 N–H and O–H groups in total. The second-order valence-electron chi connectivity index (χ2n) is 8.91. The summed E-state index contributed by atoms with van der Waals surface area (Å²) in [6.45, 7) is 6.32. The molecule has 9 nitrogen and oxygen atoms in total. The number of amides is 2. The molecule has 0 atom stereocenters. The number of rotatable bonds is 6. The summed E-state index contributed by atoms with van der Waals surface area (Å²) >= 11 is 5.21. The first-order valence-electron chi connectivity index (χ1n) is 10.9. The number of anilines is 2. The zero-order valence-electron chi connectivity index (χ0n) is 20.2. The number of hydrogen-bond acceptors (Lipinski definition) is 6. The second-order valence-corrected chi connectivity index (χ2v) is 9.32. The van der Waals surface area contributed by atoms with Crippen molar-refractivity contribution < 1.29 is 19.2 Å². The van der Waals surface area contributed by atoms with Gasteiger partial charge in [-0.2, -0.15) is 0 Å². The second kappa shape index (κ2) is 11.0. The fraction of sp³-hybridized carbons (Fsp3) is 0.192. The molecule has 0 saturated carbocycles. The third kappa shape index (κ3) is 6.63. The Kier molecular flexibility index (Phi) is 8.00. The third-order valence-corrected chi connectivity index (χ3v) is 5.46. The van der Waals surface area contributed by atoms with Crippen molar-refractivity contribution in [3.63, 3.8) is 0 Å². The van der Waals surface area contributed by atoms with Crippen LogP contribution >= 0.6 is 12.2 Å². The van der Waals surface area contributed by atoms with E-state index >= 15 is 0 Å². The van der Waals surface area contributed by atoms with Gasteiger partial charge in [0.2, 0.25) is 0 Å². The topological polar surface area (TPSA) is 123 Å². The van der Waals surface area contributed by atoms with E-state index < -0.39 is 10.8 Å². The lowest BCUT2D eigenvalue weighted by molar-refractivity contribution is -0.385. The quantitative estimate of drug-likeness (QED) is 0.236. The Hall–Kier alpha value is -4.31. The van der Waals surface area contributed by atoms with E-state index in [-0.39, 0.29) is 33.4 Å². The van der Waals surface area contributed by atoms with Crippen LogP contribution in [0.25, 0.3) is 0 Å². The Morgan fingerprint density at radius 2 is 1.50 bits per heavy atom. The van der Waals surface area contributed by atoms with Crippen LogP contribution < -0.4 is 20.7 Å². The van der Waals surface area contributed by atoms with Crippen molar-refractivity contribution in [2.75, 3.05) is 17.7 Å². The SMILES string of the molecule is COc1ccc(C(=O)NC(=S)Nc2cccc(NC(=O)c3ccc(C(C)(C)C)cc3)c2)cc1[N+](=O)[O-]. The van der Waals surface area contributed by atoms with Crippen LogP contribution in [0.3, 0.4) is 0 Å². The van der Waals surface area contributed by atoms with Gasteiger partial charge in [-0.25, -0.2) is 0 Å². The lowest BCUT2D eigenvalue weighted by atomic mass is 9.87. The molecule has 0 radical (unpaired) electrons. The minimum Gasteiger partial charge on any atom is -0.490 e. The zero-order valence-corrected chi connectivity index (χ0v) is 21.1. The van der Waals surface area contributed by atoms with Crippen LogP contribution in [0.15, 0.2) is 66.7 Å². The van der Waals surface area contributed by atoms with E-state index in [0.29, 0.717) is 16.9 Å². The van der Waals surface area contributed by atoms with Crippen LogP contribution in [0, 0.1) is 10.1 Å². The minimum atomic E-state index is -0.634. The highest BCUT2D eigenvalue weighted by Gasteiger charge is 2.19. The molecular weight excluding hydrogens is 480 g/mol. The van der Waals surface area contributed by atoms with Crippen LogP contribution in [-0.4, -0.2) is 29.0 Å². The van der Waals surface area contributed by atoms with Gasteiger partial charge in [0.05, 0.1) is 12.0 Å². The molecule has 0 heterocycles. The molecule has 0 aliphatic carbocycles. The van der Waals surface area contributed by atoms with Gasteiger partial charge in [0.25, 0.3) is 11.8 Å². The normalized spacial score (nSPS) is 10.8. The van der Waals surface area contributed by atoms with Crippen molar-refractivity contribution in [1.29, 1.82) is 0 Å². The summed E-state index contributed by atoms with van der Waals surface area (Å²) in [4.78, 5) is 35.7. The average Bonchev–Trinajstić information content (AvgIpc) is 2.83. The van der Waals surface area contributed by atoms with Crippen LogP contribution in [0.5, 0.6) is 5.75 Å². The van der Waals surface area contributed by atoms with E-state index in [1.807, 2.05) is 12.1 Å². The molecule has 0 aliphatic heterocycles. The summed E-state index contributed by atoms with van der Waals surface area (Å²) in [5.41, 5.74) is 2.42. The molecule has 186 valence electrons. The number of benzene rings is 3. The molecule has 0 fully saturated rings. The molecule has 3 aromatic rings. The number of carbonyl (C=O) groups excluding carboxylic acids is 2. The van der Waals surface area contributed by atoms with Crippen molar-refractivity contribution in [2.45, 2.75) is 26.2 Å². The number of nitro benzene ring substituents is 1. The smallest absolute Gasteiger partial charge is 0.311 e. The van der Waals surface area contributed by atoms with Crippen molar-refractivity contribution in [1.82, 2.24) is 5.32 Å². The summed E-state index contributed by atoms with van der Waals surface area (Å²) in [6, 6.07) is 18.1. The fourth-order valence-corrected chi connectivity index (χ4v) is 3.52. The minimum absolute atomic E-state index is 0.00899. The summed E-state index contributed by atoms with van der Waals surface area (Å²) in [5, 5.41) is 19.4. The molecule has 2 amide bonds. The van der Waals surface area contributed by atoms with Gasteiger partial charge in [0.1, 0.15) is 0 Å². The van der Waals surface area contributed by atoms with Gasteiger partial charge in [-0.1, -0.05) is 39.0 Å². The van der Waals surface area contributed by atoms with Gasteiger partial charge in [0, 0.05) is 28.6 Å². The predicted octanol–water partition coefficient (Wildman–Crippen LogP) is 5.28. The maximum Gasteiger partial charge on any atom is 0.311 e. The number of nitro groups is 1. The van der Waals surface area contributed by atoms with Crippen LogP contribution in [-0.2, 0) is 5.41 Å². The lowest BCUT2D eigenvalue weighted by Crippen LogP contribution is -2.34. The predicted molar refractivity (Wildman–Crippen MR) is 143 cm³/mol. The molecule has 3 rings (SSSR count). The van der Waals surface area contributed by atoms with Gasteiger partial charge in [0.15, 0.2) is 10.9 Å². The van der Waals surface area contributed by atoms with Gasteiger partial charge >= 0.3 is 5.69 Å². The first-order chi connectivity index (χ1) is 17.0. The standard InChI is InChI=1S/C26H26N4O5S/c1-26(2,3)18-11-8-16(9-12-18)23(31)27-19-6-5-7-20(15-19)28-25(36)29-24(32)17-10-13-22(35-4)21(14-17)30(33)34/h5-15H,1-4H3,(H,27,31)(H2,28,29,32,36). The Morgan fingerprint density at radius 3 is 2.08 bits per heavy atom. The number of thiocarbonyl (C=S) groups is 1. The van der Waals surface area contributed by atoms with E-state index in [9.17, 15) is 19.7 Å². The molecule has 0 saturated heterocycles. The molecule has 36 heavy (non-hydrogen) atoms. The van der Waals surface area contributed by atoms with E-state index in [1.54, 1.807) is 36.4 Å². The molecule has 0 aliphatic rings. The zero-order chi connectivity index (χ0) is 26.5. The van der Waals surface area contributed by atoms with Crippen molar-refractivity contribution in [3.8, 4) is 5.75 Å². The third-order valence-electron chi connectivity index (χ3n) is 5.26. The summed E-state index contributed by atoms with van der Waals surface area (Å²) in [5.74, 6) is -0.840. The Labute approximate surface area is 214 Å². The maximum atomic E-state index is 12.7. The number of nitrogens with zero attached hydrogens (tertiary/aromatic N) is 1. The molecule has 0 unspecified atom stereocenters. The van der Waals surface area contributed by atoms with Gasteiger partial charge in [-0.3, -0.25) is 25.0 Å². The molecule has 0 spiro atoms. The van der Waals surface area contributed by atoms with Crippen molar-refractivity contribution in [3.05, 3.63) is 93.5 Å². The van der Waals surface area contributed by atoms with E-state index in [1.165, 1.54) is 19.2 Å². The number of ether oxygens (including phenoxy) is 1. The van der Waals surface area contributed by atoms with Gasteiger partial charge < -0.3 is 15.4 Å². The van der Waals surface area contributed by atoms with E-state index in [0.717, 1.165) is 11.6 Å². The first kappa shape index (κ1) is 26.3. The fourth-order valence-electron chi connectivity index (χ4n) is 3.31. The van der Waals surface area contributed by atoms with E-state index in [2.05, 4.69) is 36.7 Å². The van der Waals surface area contributed by atoms with Crippen LogP contribution in [0.1, 0.15) is 47.1 Å². The largest absolute Gasteiger partial charge is 0.490 e. The summed E-state index contributed by atoms with van der Waals surface area (Å²) < 4.78 is 4.95. The van der Waals surface area contributed by atoms with E-state index in [4.69, 9.17) is 17.0 Å². The number of nitrogens with one attached hydrogen (secondary N) is 3. The van der Waals surface area contributed by atoms with Crippen molar-refractivity contribution >= 4 is 46.2 Å². The molecule has 0 aromatic heterocycles. The Morgan fingerprint density at radius 1 is 0.889 bits per heavy atom. The highest BCUT2D eigenvalue weighted by molar-refractivity contribution is 7.80. The summed E-state index contributed by atoms with van der Waals surface area (Å²) in [7, 11) is 1.31. The first-order valence-corrected chi connectivity index (χ1v) is 11.4. The van der Waals surface area contributed by atoms with Crippen LogP contribution in [0.4, 0.5) is 17.1 Å².